The van der Waals surface area contributed by atoms with Crippen molar-refractivity contribution < 1.29 is 24.4 Å². The number of nitrogens with zero attached hydrogens (tertiary/aromatic N) is 2. The molecule has 0 saturated carbocycles. The Morgan fingerprint density at radius 1 is 0.758 bits per heavy atom. The summed E-state index contributed by atoms with van der Waals surface area (Å²) in [5.41, 5.74) is 0.840. The monoisotopic (exact) mass is 456 g/mol. The zero-order valence-corrected chi connectivity index (χ0v) is 19.7. The van der Waals surface area contributed by atoms with Gasteiger partial charge in [-0.3, -0.25) is 9.59 Å². The molecule has 2 heterocycles. The van der Waals surface area contributed by atoms with Crippen LogP contribution in [0.5, 0.6) is 28.7 Å². The fraction of sp³-hybridized carbons (Fsp3) is 0.333. The third-order valence-electron chi connectivity index (χ3n) is 6.07. The van der Waals surface area contributed by atoms with Crippen LogP contribution in [0.15, 0.2) is 33.9 Å². The molecule has 9 nitrogen and oxygen atoms in total. The van der Waals surface area contributed by atoms with Crippen LogP contribution in [-0.4, -0.2) is 40.7 Å². The minimum absolute atomic E-state index is 0.0191. The van der Waals surface area contributed by atoms with Gasteiger partial charge in [0.05, 0.1) is 32.8 Å². The summed E-state index contributed by atoms with van der Waals surface area (Å²) in [4.78, 5) is 25.7. The second-order valence-electron chi connectivity index (χ2n) is 7.76. The molecular weight excluding hydrogens is 428 g/mol. The van der Waals surface area contributed by atoms with Crippen molar-refractivity contribution in [2.75, 3.05) is 21.3 Å². The van der Waals surface area contributed by atoms with Gasteiger partial charge in [-0.2, -0.15) is 0 Å². The fourth-order valence-corrected chi connectivity index (χ4v) is 4.01. The Morgan fingerprint density at radius 3 is 1.88 bits per heavy atom. The summed E-state index contributed by atoms with van der Waals surface area (Å²) in [7, 11) is 7.58. The van der Waals surface area contributed by atoms with Crippen LogP contribution in [0.4, 0.5) is 0 Å². The van der Waals surface area contributed by atoms with Crippen LogP contribution in [-0.2, 0) is 14.1 Å². The molecule has 0 aliphatic rings. The summed E-state index contributed by atoms with van der Waals surface area (Å²) < 4.78 is 19.2. The first-order valence-electron chi connectivity index (χ1n) is 10.2. The van der Waals surface area contributed by atoms with Crippen molar-refractivity contribution in [3.8, 4) is 28.7 Å². The van der Waals surface area contributed by atoms with Gasteiger partial charge >= 0.3 is 0 Å². The molecule has 2 N–H and O–H groups in total. The predicted octanol–water partition coefficient (Wildman–Crippen LogP) is 2.32. The first kappa shape index (κ1) is 23.8. The summed E-state index contributed by atoms with van der Waals surface area (Å²) >= 11 is 0. The molecule has 0 aliphatic carbocycles. The maximum Gasteiger partial charge on any atom is 0.258 e. The number of hydrogen-bond acceptors (Lipinski definition) is 7. The van der Waals surface area contributed by atoms with Crippen molar-refractivity contribution in [1.29, 1.82) is 0 Å². The van der Waals surface area contributed by atoms with Gasteiger partial charge in [0.2, 0.25) is 0 Å². The highest BCUT2D eigenvalue weighted by Gasteiger charge is 2.32. The molecule has 0 radical (unpaired) electrons. The molecule has 0 fully saturated rings. The molecule has 3 aromatic rings. The Morgan fingerprint density at radius 2 is 1.30 bits per heavy atom. The lowest BCUT2D eigenvalue weighted by Gasteiger charge is -2.26. The SMILES string of the molecule is COc1cc(OC)c(C(c2c(O)cc(=O)n(C)c2C)c2c(O)cc(C)n(C)c2=O)cc1OC. The van der Waals surface area contributed by atoms with E-state index in [1.165, 1.54) is 36.5 Å². The topological polar surface area (TPSA) is 112 Å². The van der Waals surface area contributed by atoms with Crippen LogP contribution < -0.4 is 25.3 Å². The number of ether oxygens (including phenoxy) is 3. The van der Waals surface area contributed by atoms with Gasteiger partial charge in [-0.15, -0.1) is 0 Å². The van der Waals surface area contributed by atoms with Gasteiger partial charge < -0.3 is 33.6 Å². The molecule has 1 atom stereocenters. The Kier molecular flexibility index (Phi) is 6.44. The van der Waals surface area contributed by atoms with E-state index in [-0.39, 0.29) is 22.6 Å². The van der Waals surface area contributed by atoms with Crippen molar-refractivity contribution in [1.82, 2.24) is 9.13 Å². The van der Waals surface area contributed by atoms with Crippen molar-refractivity contribution in [3.63, 3.8) is 0 Å². The molecule has 1 unspecified atom stereocenters. The van der Waals surface area contributed by atoms with Crippen molar-refractivity contribution >= 4 is 0 Å². The van der Waals surface area contributed by atoms with Crippen molar-refractivity contribution in [2.24, 2.45) is 14.1 Å². The van der Waals surface area contributed by atoms with Crippen molar-refractivity contribution in [2.45, 2.75) is 19.8 Å². The van der Waals surface area contributed by atoms with E-state index in [4.69, 9.17) is 14.2 Å². The first-order valence-corrected chi connectivity index (χ1v) is 10.2. The molecule has 1 aromatic carbocycles. The summed E-state index contributed by atoms with van der Waals surface area (Å²) in [5.74, 6) is -0.439. The molecule has 0 saturated heterocycles. The number of aromatic nitrogens is 2. The maximum atomic E-state index is 13.4. The highest BCUT2D eigenvalue weighted by atomic mass is 16.5. The molecule has 0 bridgehead atoms. The van der Waals surface area contributed by atoms with Gasteiger partial charge in [0, 0.05) is 48.7 Å². The lowest BCUT2D eigenvalue weighted by atomic mass is 9.83. The number of methoxy groups -OCH3 is 3. The Balaban J connectivity index is 2.56. The normalized spacial score (nSPS) is 11.8. The lowest BCUT2D eigenvalue weighted by Crippen LogP contribution is -2.28. The van der Waals surface area contributed by atoms with Gasteiger partial charge in [0.1, 0.15) is 17.2 Å². The molecule has 0 aliphatic heterocycles. The summed E-state index contributed by atoms with van der Waals surface area (Å²) in [6.45, 7) is 3.36. The molecule has 2 aromatic heterocycles. The van der Waals surface area contributed by atoms with Gasteiger partial charge in [0.25, 0.3) is 11.1 Å². The van der Waals surface area contributed by atoms with Crippen LogP contribution in [0, 0.1) is 13.8 Å². The third kappa shape index (κ3) is 3.90. The van der Waals surface area contributed by atoms with E-state index in [9.17, 15) is 19.8 Å². The molecule has 0 amide bonds. The summed E-state index contributed by atoms with van der Waals surface area (Å²) in [6, 6.07) is 5.79. The number of aryl methyl sites for hydroxylation is 1. The number of pyridine rings is 2. The average Bonchev–Trinajstić information content (AvgIpc) is 2.79. The Labute approximate surface area is 191 Å². The van der Waals surface area contributed by atoms with Gasteiger partial charge in [0.15, 0.2) is 11.5 Å². The van der Waals surface area contributed by atoms with Gasteiger partial charge in [-0.1, -0.05) is 0 Å². The summed E-state index contributed by atoms with van der Waals surface area (Å²) in [5, 5.41) is 21.8. The van der Waals surface area contributed by atoms with E-state index in [0.29, 0.717) is 34.2 Å². The first-order chi connectivity index (χ1) is 15.6. The molecule has 9 heteroatoms. The zero-order valence-electron chi connectivity index (χ0n) is 19.7. The zero-order chi connectivity index (χ0) is 24.6. The Bertz CT molecular complexity index is 1340. The Hall–Kier alpha value is -3.88. The quantitative estimate of drug-likeness (QED) is 0.585. The van der Waals surface area contributed by atoms with E-state index in [0.717, 1.165) is 6.07 Å². The van der Waals surface area contributed by atoms with Gasteiger partial charge in [-0.05, 0) is 26.0 Å². The van der Waals surface area contributed by atoms with Crippen LogP contribution in [0.2, 0.25) is 0 Å². The van der Waals surface area contributed by atoms with Crippen LogP contribution >= 0.6 is 0 Å². The third-order valence-corrected chi connectivity index (χ3v) is 6.07. The van der Waals surface area contributed by atoms with Crippen LogP contribution in [0.1, 0.15) is 34.0 Å². The highest BCUT2D eigenvalue weighted by molar-refractivity contribution is 5.61. The number of benzene rings is 1. The van der Waals surface area contributed by atoms with E-state index in [1.807, 2.05) is 0 Å². The molecule has 3 rings (SSSR count). The molecular formula is C24H28N2O7. The number of aromatic hydroxyl groups is 2. The minimum atomic E-state index is -0.995. The fourth-order valence-electron chi connectivity index (χ4n) is 4.01. The van der Waals surface area contributed by atoms with E-state index < -0.39 is 17.0 Å². The molecule has 33 heavy (non-hydrogen) atoms. The van der Waals surface area contributed by atoms with Crippen molar-refractivity contribution in [3.05, 3.63) is 73.1 Å². The highest BCUT2D eigenvalue weighted by Crippen LogP contribution is 2.46. The summed E-state index contributed by atoms with van der Waals surface area (Å²) in [6.07, 6.45) is 0. The van der Waals surface area contributed by atoms with Crippen LogP contribution in [0.25, 0.3) is 0 Å². The minimum Gasteiger partial charge on any atom is -0.507 e. The van der Waals surface area contributed by atoms with E-state index in [2.05, 4.69) is 0 Å². The van der Waals surface area contributed by atoms with Gasteiger partial charge in [-0.25, -0.2) is 0 Å². The standard InChI is InChI=1S/C24H28N2O7/c1-12-8-15(27)23(24(30)25(12)3)22(21-13(2)26(4)20(29)10-16(21)28)14-9-18(32-6)19(33-7)11-17(14)31-5/h8-11,22,27-28H,1-7H3. The number of hydrogen-bond donors (Lipinski definition) is 2. The van der Waals surface area contributed by atoms with E-state index in [1.54, 1.807) is 40.1 Å². The molecule has 176 valence electrons. The second-order valence-corrected chi connectivity index (χ2v) is 7.76. The second kappa shape index (κ2) is 8.93. The average molecular weight is 456 g/mol. The van der Waals surface area contributed by atoms with E-state index >= 15 is 0 Å². The predicted molar refractivity (Wildman–Crippen MR) is 123 cm³/mol. The molecule has 0 spiro atoms. The van der Waals surface area contributed by atoms with Crippen LogP contribution in [0.3, 0.4) is 0 Å². The maximum absolute atomic E-state index is 13.4. The lowest BCUT2D eigenvalue weighted by molar-refractivity contribution is 0.347. The largest absolute Gasteiger partial charge is 0.507 e. The number of rotatable bonds is 6. The smallest absolute Gasteiger partial charge is 0.258 e.